The van der Waals surface area contributed by atoms with Gasteiger partial charge in [-0.15, -0.1) is 0 Å². The van der Waals surface area contributed by atoms with Crippen molar-refractivity contribution in [2.45, 2.75) is 18.8 Å². The molecule has 0 aliphatic carbocycles. The van der Waals surface area contributed by atoms with Crippen molar-refractivity contribution in [3.05, 3.63) is 17.5 Å². The lowest BCUT2D eigenvalue weighted by Crippen LogP contribution is -2.28. The number of aromatic nitrogens is 2. The highest BCUT2D eigenvalue weighted by atomic mass is 16.1. The molecule has 3 N–H and O–H groups in total. The highest BCUT2D eigenvalue weighted by molar-refractivity contribution is 5.91. The van der Waals surface area contributed by atoms with Gasteiger partial charge in [0, 0.05) is 19.5 Å². The van der Waals surface area contributed by atoms with Crippen LogP contribution in [0.15, 0.2) is 6.07 Å². The number of amides is 1. The molecule has 2 rings (SSSR count). The number of nitrogens with two attached hydrogens (primary N) is 1. The molecule has 1 aromatic heterocycles. The van der Waals surface area contributed by atoms with Crippen LogP contribution >= 0.6 is 0 Å². The molecule has 0 aromatic carbocycles. The average Bonchev–Trinajstić information content (AvgIpc) is 2.62. The SMILES string of the molecule is Cn1nc(C2CCCNC2)cc1C(N)=O. The van der Waals surface area contributed by atoms with Crippen molar-refractivity contribution < 1.29 is 4.79 Å². The second-order valence-corrected chi connectivity index (χ2v) is 3.99. The lowest BCUT2D eigenvalue weighted by molar-refractivity contribution is 0.0991. The van der Waals surface area contributed by atoms with Gasteiger partial charge in [0.05, 0.1) is 5.69 Å². The summed E-state index contributed by atoms with van der Waals surface area (Å²) >= 11 is 0. The van der Waals surface area contributed by atoms with Crippen LogP contribution < -0.4 is 11.1 Å². The van der Waals surface area contributed by atoms with Gasteiger partial charge < -0.3 is 11.1 Å². The molecule has 1 aromatic rings. The molecule has 0 bridgehead atoms. The van der Waals surface area contributed by atoms with E-state index in [-0.39, 0.29) is 0 Å². The average molecular weight is 208 g/mol. The zero-order valence-electron chi connectivity index (χ0n) is 8.86. The molecule has 5 nitrogen and oxygen atoms in total. The molecule has 1 unspecified atom stereocenters. The van der Waals surface area contributed by atoms with Gasteiger partial charge in [0.2, 0.25) is 0 Å². The van der Waals surface area contributed by atoms with Gasteiger partial charge in [-0.2, -0.15) is 5.10 Å². The Balaban J connectivity index is 2.21. The fraction of sp³-hybridized carbons (Fsp3) is 0.600. The van der Waals surface area contributed by atoms with Gasteiger partial charge >= 0.3 is 0 Å². The number of nitrogens with zero attached hydrogens (tertiary/aromatic N) is 2. The Hall–Kier alpha value is -1.36. The number of carbonyl (C=O) groups excluding carboxylic acids is 1. The third kappa shape index (κ3) is 2.02. The Bertz CT molecular complexity index is 365. The molecule has 5 heteroatoms. The van der Waals surface area contributed by atoms with E-state index >= 15 is 0 Å². The molecule has 1 aliphatic heterocycles. The molecule has 15 heavy (non-hydrogen) atoms. The molecular formula is C10H16N4O. The van der Waals surface area contributed by atoms with E-state index in [9.17, 15) is 4.79 Å². The zero-order valence-corrected chi connectivity index (χ0v) is 8.86. The van der Waals surface area contributed by atoms with Crippen molar-refractivity contribution in [2.75, 3.05) is 13.1 Å². The van der Waals surface area contributed by atoms with Crippen molar-refractivity contribution >= 4 is 5.91 Å². The summed E-state index contributed by atoms with van der Waals surface area (Å²) in [6.45, 7) is 2.02. The maximum Gasteiger partial charge on any atom is 0.266 e. The fourth-order valence-electron chi connectivity index (χ4n) is 2.02. The predicted molar refractivity (Wildman–Crippen MR) is 56.6 cm³/mol. The Morgan fingerprint density at radius 1 is 1.73 bits per heavy atom. The van der Waals surface area contributed by atoms with Crippen molar-refractivity contribution in [1.82, 2.24) is 15.1 Å². The van der Waals surface area contributed by atoms with E-state index in [4.69, 9.17) is 5.73 Å². The summed E-state index contributed by atoms with van der Waals surface area (Å²) in [6, 6.07) is 1.81. The maximum absolute atomic E-state index is 11.1. The molecule has 1 amide bonds. The number of primary amides is 1. The highest BCUT2D eigenvalue weighted by Gasteiger charge is 2.20. The molecule has 82 valence electrons. The number of carbonyl (C=O) groups is 1. The minimum absolute atomic E-state index is 0.415. The first-order chi connectivity index (χ1) is 7.18. The quantitative estimate of drug-likeness (QED) is 0.717. The number of nitrogens with one attached hydrogen (secondary N) is 1. The number of aryl methyl sites for hydroxylation is 1. The largest absolute Gasteiger partial charge is 0.364 e. The minimum Gasteiger partial charge on any atom is -0.364 e. The van der Waals surface area contributed by atoms with Gasteiger partial charge in [-0.1, -0.05) is 0 Å². The van der Waals surface area contributed by atoms with Crippen LogP contribution in [-0.2, 0) is 7.05 Å². The minimum atomic E-state index is -0.417. The van der Waals surface area contributed by atoms with E-state index in [0.717, 1.165) is 31.6 Å². The van der Waals surface area contributed by atoms with E-state index in [1.807, 2.05) is 0 Å². The van der Waals surface area contributed by atoms with Crippen LogP contribution in [0.4, 0.5) is 0 Å². The van der Waals surface area contributed by atoms with Crippen LogP contribution in [0.3, 0.4) is 0 Å². The fourth-order valence-corrected chi connectivity index (χ4v) is 2.02. The summed E-state index contributed by atoms with van der Waals surface area (Å²) in [5, 5.41) is 7.66. The molecule has 1 fully saturated rings. The number of rotatable bonds is 2. The van der Waals surface area contributed by atoms with Gasteiger partial charge in [0.15, 0.2) is 0 Å². The molecular weight excluding hydrogens is 192 g/mol. The molecule has 1 aliphatic rings. The first-order valence-electron chi connectivity index (χ1n) is 5.23. The topological polar surface area (TPSA) is 72.9 Å². The molecule has 0 radical (unpaired) electrons. The first kappa shape index (κ1) is 10.2. The van der Waals surface area contributed by atoms with Crippen LogP contribution in [0.2, 0.25) is 0 Å². The second kappa shape index (κ2) is 4.02. The Morgan fingerprint density at radius 2 is 2.53 bits per heavy atom. The van der Waals surface area contributed by atoms with E-state index in [1.165, 1.54) is 0 Å². The molecule has 2 heterocycles. The van der Waals surface area contributed by atoms with Gasteiger partial charge in [-0.05, 0) is 25.5 Å². The number of hydrogen-bond acceptors (Lipinski definition) is 3. The van der Waals surface area contributed by atoms with Crippen LogP contribution in [0.5, 0.6) is 0 Å². The Labute approximate surface area is 88.6 Å². The summed E-state index contributed by atoms with van der Waals surface area (Å²) < 4.78 is 1.56. The zero-order chi connectivity index (χ0) is 10.8. The lowest BCUT2D eigenvalue weighted by Gasteiger charge is -2.20. The molecule has 1 saturated heterocycles. The Kier molecular flexibility index (Phi) is 2.73. The number of piperidine rings is 1. The summed E-state index contributed by atoms with van der Waals surface area (Å²) in [7, 11) is 1.75. The van der Waals surface area contributed by atoms with Gasteiger partial charge in [0.1, 0.15) is 5.69 Å². The summed E-state index contributed by atoms with van der Waals surface area (Å²) in [5.41, 5.74) is 6.69. The number of hydrogen-bond donors (Lipinski definition) is 2. The van der Waals surface area contributed by atoms with Crippen LogP contribution in [-0.4, -0.2) is 28.8 Å². The van der Waals surface area contributed by atoms with E-state index in [2.05, 4.69) is 10.4 Å². The monoisotopic (exact) mass is 208 g/mol. The van der Waals surface area contributed by atoms with E-state index in [0.29, 0.717) is 11.6 Å². The Morgan fingerprint density at radius 3 is 3.07 bits per heavy atom. The van der Waals surface area contributed by atoms with Crippen molar-refractivity contribution in [1.29, 1.82) is 0 Å². The van der Waals surface area contributed by atoms with Crippen molar-refractivity contribution in [3.8, 4) is 0 Å². The highest BCUT2D eigenvalue weighted by Crippen LogP contribution is 2.22. The van der Waals surface area contributed by atoms with Gasteiger partial charge in [0.25, 0.3) is 5.91 Å². The third-order valence-corrected chi connectivity index (χ3v) is 2.87. The summed E-state index contributed by atoms with van der Waals surface area (Å²) in [4.78, 5) is 11.1. The maximum atomic E-state index is 11.1. The third-order valence-electron chi connectivity index (χ3n) is 2.87. The van der Waals surface area contributed by atoms with Gasteiger partial charge in [-0.3, -0.25) is 9.48 Å². The van der Waals surface area contributed by atoms with Crippen molar-refractivity contribution in [2.24, 2.45) is 12.8 Å². The smallest absolute Gasteiger partial charge is 0.266 e. The van der Waals surface area contributed by atoms with E-state index in [1.54, 1.807) is 17.8 Å². The second-order valence-electron chi connectivity index (χ2n) is 3.99. The van der Waals surface area contributed by atoms with Crippen LogP contribution in [0.1, 0.15) is 34.9 Å². The standard InChI is InChI=1S/C10H16N4O/c1-14-9(10(11)15)5-8(13-14)7-3-2-4-12-6-7/h5,7,12H,2-4,6H2,1H3,(H2,11,15). The molecule has 0 spiro atoms. The molecule has 0 saturated carbocycles. The summed E-state index contributed by atoms with van der Waals surface area (Å²) in [5.74, 6) is -0.00179. The molecule has 1 atom stereocenters. The lowest BCUT2D eigenvalue weighted by atomic mass is 9.96. The van der Waals surface area contributed by atoms with Gasteiger partial charge in [-0.25, -0.2) is 0 Å². The normalized spacial score (nSPS) is 21.5. The summed E-state index contributed by atoms with van der Waals surface area (Å²) in [6.07, 6.45) is 2.29. The van der Waals surface area contributed by atoms with Crippen molar-refractivity contribution in [3.63, 3.8) is 0 Å². The predicted octanol–water partition coefficient (Wildman–Crippen LogP) is -0.0140. The first-order valence-corrected chi connectivity index (χ1v) is 5.23. The van der Waals surface area contributed by atoms with Crippen LogP contribution in [0, 0.1) is 0 Å². The van der Waals surface area contributed by atoms with Crippen LogP contribution in [0.25, 0.3) is 0 Å². The van der Waals surface area contributed by atoms with E-state index < -0.39 is 5.91 Å².